The molecule has 0 fully saturated rings. The summed E-state index contributed by atoms with van der Waals surface area (Å²) in [6.45, 7) is 0. The van der Waals surface area contributed by atoms with Crippen molar-refractivity contribution in [1.29, 1.82) is 0 Å². The van der Waals surface area contributed by atoms with Gasteiger partial charge in [0.05, 0.1) is 5.69 Å². The second kappa shape index (κ2) is 12.4. The molecule has 252 valence electrons. The first-order chi connectivity index (χ1) is 26.8. The first-order valence-corrected chi connectivity index (χ1v) is 19.3. The number of thiophene rings is 1. The molecule has 0 saturated heterocycles. The van der Waals surface area contributed by atoms with Crippen LogP contribution in [0.4, 0.5) is 17.1 Å². The van der Waals surface area contributed by atoms with Crippen molar-refractivity contribution in [2.24, 2.45) is 0 Å². The molecule has 0 bridgehead atoms. The highest BCUT2D eigenvalue weighted by Gasteiger charge is 2.21. The van der Waals surface area contributed by atoms with Crippen molar-refractivity contribution in [3.8, 4) is 22.3 Å². The number of fused-ring (bicyclic) bond motifs is 9. The van der Waals surface area contributed by atoms with Gasteiger partial charge in [-0.15, -0.1) is 11.3 Å². The maximum Gasteiger partial charge on any atom is 0.0555 e. The highest BCUT2D eigenvalue weighted by Crippen LogP contribution is 2.49. The summed E-state index contributed by atoms with van der Waals surface area (Å²) in [6, 6.07) is 73.6. The summed E-state index contributed by atoms with van der Waals surface area (Å²) in [7, 11) is 0. The highest BCUT2D eigenvalue weighted by atomic mass is 32.1. The van der Waals surface area contributed by atoms with Gasteiger partial charge in [0.1, 0.15) is 0 Å². The Balaban J connectivity index is 1.14. The third-order valence-electron chi connectivity index (χ3n) is 11.0. The maximum absolute atomic E-state index is 2.47. The largest absolute Gasteiger partial charge is 0.310 e. The molecule has 11 rings (SSSR count). The zero-order valence-electron chi connectivity index (χ0n) is 29.4. The Bertz CT molecular complexity index is 3210. The normalized spacial score (nSPS) is 11.7. The third-order valence-corrected chi connectivity index (χ3v) is 12.2. The summed E-state index contributed by atoms with van der Waals surface area (Å²) in [5.41, 5.74) is 8.33. The van der Waals surface area contributed by atoms with Crippen LogP contribution in [0.2, 0.25) is 0 Å². The van der Waals surface area contributed by atoms with E-state index in [1.54, 1.807) is 0 Å². The van der Waals surface area contributed by atoms with E-state index in [1.165, 1.54) is 91.2 Å². The van der Waals surface area contributed by atoms with Gasteiger partial charge in [0.25, 0.3) is 0 Å². The van der Waals surface area contributed by atoms with Crippen molar-refractivity contribution < 1.29 is 0 Å². The Hall–Kier alpha value is -6.74. The predicted octanol–water partition coefficient (Wildman–Crippen LogP) is 15.5. The fourth-order valence-corrected chi connectivity index (χ4v) is 9.64. The number of nitrogens with zero attached hydrogens (tertiary/aromatic N) is 1. The van der Waals surface area contributed by atoms with E-state index in [4.69, 9.17) is 0 Å². The summed E-state index contributed by atoms with van der Waals surface area (Å²) in [4.78, 5) is 2.47. The zero-order valence-corrected chi connectivity index (χ0v) is 30.2. The van der Waals surface area contributed by atoms with Crippen LogP contribution in [0, 0.1) is 0 Å². The van der Waals surface area contributed by atoms with E-state index in [0.717, 1.165) is 11.4 Å². The molecule has 0 amide bonds. The fraction of sp³-hybridized carbons (Fsp3) is 0. The van der Waals surface area contributed by atoms with Crippen LogP contribution in [0.15, 0.2) is 200 Å². The SMILES string of the molecule is c1ccc(-c2ccc(N(c3ccc(-c4ccc5ccc6ccccc6c5c4)cc3)c3ccc4ccc5ccccc5c4c3)c3c2sc2ccccc23)cc1. The molecule has 54 heavy (non-hydrogen) atoms. The van der Waals surface area contributed by atoms with Gasteiger partial charge in [0.2, 0.25) is 0 Å². The zero-order chi connectivity index (χ0) is 35.6. The van der Waals surface area contributed by atoms with Gasteiger partial charge in [0, 0.05) is 31.5 Å². The molecule has 0 aliphatic carbocycles. The molecule has 10 aromatic carbocycles. The van der Waals surface area contributed by atoms with Crippen molar-refractivity contribution in [2.75, 3.05) is 4.90 Å². The van der Waals surface area contributed by atoms with Gasteiger partial charge < -0.3 is 4.90 Å². The molecule has 1 heterocycles. The minimum Gasteiger partial charge on any atom is -0.310 e. The Morgan fingerprint density at radius 1 is 0.333 bits per heavy atom. The van der Waals surface area contributed by atoms with Crippen molar-refractivity contribution in [1.82, 2.24) is 0 Å². The fourth-order valence-electron chi connectivity index (χ4n) is 8.38. The molecule has 1 aromatic heterocycles. The molecule has 11 aromatic rings. The van der Waals surface area contributed by atoms with Crippen LogP contribution in [0.25, 0.3) is 85.5 Å². The summed E-state index contributed by atoms with van der Waals surface area (Å²) in [5, 5.41) is 12.7. The van der Waals surface area contributed by atoms with E-state index in [0.29, 0.717) is 0 Å². The molecule has 1 nitrogen and oxygen atoms in total. The lowest BCUT2D eigenvalue weighted by molar-refractivity contribution is 1.31. The topological polar surface area (TPSA) is 3.24 Å². The van der Waals surface area contributed by atoms with Gasteiger partial charge in [0.15, 0.2) is 0 Å². The molecular weight excluding hydrogens is 671 g/mol. The number of benzene rings is 10. The number of rotatable bonds is 5. The Labute approximate surface area is 317 Å². The van der Waals surface area contributed by atoms with Gasteiger partial charge in [-0.05, 0) is 108 Å². The van der Waals surface area contributed by atoms with E-state index in [-0.39, 0.29) is 0 Å². The van der Waals surface area contributed by atoms with Gasteiger partial charge in [-0.3, -0.25) is 0 Å². The van der Waals surface area contributed by atoms with Crippen LogP contribution >= 0.6 is 11.3 Å². The molecule has 0 unspecified atom stereocenters. The molecule has 0 saturated carbocycles. The highest BCUT2D eigenvalue weighted by molar-refractivity contribution is 7.26. The number of hydrogen-bond donors (Lipinski definition) is 0. The van der Waals surface area contributed by atoms with Crippen molar-refractivity contribution in [3.63, 3.8) is 0 Å². The lowest BCUT2D eigenvalue weighted by atomic mass is 9.96. The maximum atomic E-state index is 2.47. The van der Waals surface area contributed by atoms with Crippen molar-refractivity contribution >= 4 is 91.7 Å². The van der Waals surface area contributed by atoms with E-state index in [1.807, 2.05) is 11.3 Å². The average molecular weight is 704 g/mol. The second-order valence-electron chi connectivity index (χ2n) is 14.1. The van der Waals surface area contributed by atoms with Gasteiger partial charge >= 0.3 is 0 Å². The van der Waals surface area contributed by atoms with E-state index in [9.17, 15) is 0 Å². The molecule has 0 atom stereocenters. The Morgan fingerprint density at radius 3 is 1.59 bits per heavy atom. The van der Waals surface area contributed by atoms with Crippen LogP contribution in [0.3, 0.4) is 0 Å². The minimum atomic E-state index is 1.12. The van der Waals surface area contributed by atoms with E-state index >= 15 is 0 Å². The number of hydrogen-bond acceptors (Lipinski definition) is 2. The van der Waals surface area contributed by atoms with Gasteiger partial charge in [-0.1, -0.05) is 158 Å². The molecule has 2 heteroatoms. The quantitative estimate of drug-likeness (QED) is 0.161. The van der Waals surface area contributed by atoms with Crippen molar-refractivity contribution in [2.45, 2.75) is 0 Å². The first-order valence-electron chi connectivity index (χ1n) is 18.5. The van der Waals surface area contributed by atoms with Gasteiger partial charge in [-0.2, -0.15) is 0 Å². The van der Waals surface area contributed by atoms with Gasteiger partial charge in [-0.25, -0.2) is 0 Å². The Morgan fingerprint density at radius 2 is 0.870 bits per heavy atom. The third kappa shape index (κ3) is 4.99. The molecule has 0 aliphatic heterocycles. The lowest BCUT2D eigenvalue weighted by Crippen LogP contribution is -2.10. The summed E-state index contributed by atoms with van der Waals surface area (Å²) >= 11 is 1.88. The standard InChI is InChI=1S/C52H33NS/c1-2-10-35(11-3-1)45-30-31-49(51-46-16-8-9-17-50(46)54-52(45)51)53(42-29-26-39-21-19-37-13-5-7-15-44(37)48(39)33-42)41-27-24-34(25-28-41)40-23-22-38-20-18-36-12-4-6-14-43(36)47(38)32-40/h1-33H. The molecule has 0 aliphatic rings. The molecular formula is C52H33NS. The smallest absolute Gasteiger partial charge is 0.0555 e. The van der Waals surface area contributed by atoms with Crippen molar-refractivity contribution in [3.05, 3.63) is 200 Å². The summed E-state index contributed by atoms with van der Waals surface area (Å²) < 4.78 is 2.59. The van der Waals surface area contributed by atoms with E-state index < -0.39 is 0 Å². The first kappa shape index (κ1) is 30.8. The van der Waals surface area contributed by atoms with Crippen LogP contribution < -0.4 is 4.90 Å². The minimum absolute atomic E-state index is 1.12. The molecule has 0 radical (unpaired) electrons. The van der Waals surface area contributed by atoms with E-state index in [2.05, 4.69) is 205 Å². The summed E-state index contributed by atoms with van der Waals surface area (Å²) in [5.74, 6) is 0. The van der Waals surface area contributed by atoms with Crippen LogP contribution in [0.5, 0.6) is 0 Å². The lowest BCUT2D eigenvalue weighted by Gasteiger charge is -2.27. The predicted molar refractivity (Wildman–Crippen MR) is 235 cm³/mol. The molecule has 0 spiro atoms. The van der Waals surface area contributed by atoms with Crippen LogP contribution in [0.1, 0.15) is 0 Å². The monoisotopic (exact) mass is 703 g/mol. The Kier molecular flexibility index (Phi) is 7.11. The second-order valence-corrected chi connectivity index (χ2v) is 15.1. The number of anilines is 3. The van der Waals surface area contributed by atoms with Crippen LogP contribution in [-0.2, 0) is 0 Å². The van der Waals surface area contributed by atoms with Crippen LogP contribution in [-0.4, -0.2) is 0 Å². The average Bonchev–Trinajstić information content (AvgIpc) is 3.64. The summed E-state index contributed by atoms with van der Waals surface area (Å²) in [6.07, 6.45) is 0. The molecule has 0 N–H and O–H groups in total.